The highest BCUT2D eigenvalue weighted by Gasteiger charge is 2.12. The standard InChI is InChI=1S/C50H44N2/c1-51(2)47-29-25-41(26-30-47)49(42-27-31-48(32-28-42)52(3)37-38-15-7-4-8-16-38)33-34-50(45-23-13-21-43(35-45)39-17-9-5-10-18-39)46-24-14-22-44(36-46)40-19-11-6-12-20-40/h4-36H,37H2,1-3H3. The minimum Gasteiger partial charge on any atom is -0.378 e. The molecule has 0 bridgehead atoms. The van der Waals surface area contributed by atoms with Crippen LogP contribution in [0.25, 0.3) is 33.4 Å². The van der Waals surface area contributed by atoms with E-state index < -0.39 is 0 Å². The van der Waals surface area contributed by atoms with Crippen LogP contribution in [0.3, 0.4) is 0 Å². The Morgan fingerprint density at radius 2 is 0.788 bits per heavy atom. The number of benzene rings is 7. The number of hydrogen-bond acceptors (Lipinski definition) is 2. The van der Waals surface area contributed by atoms with E-state index in [0.29, 0.717) is 0 Å². The maximum Gasteiger partial charge on any atom is 0.0426 e. The predicted molar refractivity (Wildman–Crippen MR) is 224 cm³/mol. The van der Waals surface area contributed by atoms with Crippen molar-refractivity contribution < 1.29 is 0 Å². The zero-order chi connectivity index (χ0) is 35.7. The summed E-state index contributed by atoms with van der Waals surface area (Å²) < 4.78 is 0. The monoisotopic (exact) mass is 672 g/mol. The Morgan fingerprint density at radius 1 is 0.385 bits per heavy atom. The summed E-state index contributed by atoms with van der Waals surface area (Å²) in [6.07, 6.45) is 4.60. The van der Waals surface area contributed by atoms with E-state index >= 15 is 0 Å². The van der Waals surface area contributed by atoms with Gasteiger partial charge in [-0.15, -0.1) is 0 Å². The fourth-order valence-corrected chi connectivity index (χ4v) is 6.66. The van der Waals surface area contributed by atoms with Gasteiger partial charge in [0.15, 0.2) is 0 Å². The number of hydrogen-bond donors (Lipinski definition) is 0. The molecular formula is C50H44N2. The molecule has 0 heterocycles. The minimum absolute atomic E-state index is 0.852. The summed E-state index contributed by atoms with van der Waals surface area (Å²) in [5.74, 6) is 0. The Kier molecular flexibility index (Phi) is 10.6. The van der Waals surface area contributed by atoms with Crippen LogP contribution in [0.15, 0.2) is 200 Å². The Labute approximate surface area is 309 Å². The Bertz CT molecular complexity index is 2180. The Morgan fingerprint density at radius 3 is 1.25 bits per heavy atom. The molecule has 0 fully saturated rings. The molecule has 0 radical (unpaired) electrons. The van der Waals surface area contributed by atoms with Gasteiger partial charge in [0.05, 0.1) is 0 Å². The number of anilines is 2. The highest BCUT2D eigenvalue weighted by molar-refractivity contribution is 5.88. The van der Waals surface area contributed by atoms with Gasteiger partial charge in [-0.2, -0.15) is 0 Å². The highest BCUT2D eigenvalue weighted by Crippen LogP contribution is 2.33. The maximum atomic E-state index is 2.31. The number of nitrogens with zero attached hydrogens (tertiary/aromatic N) is 2. The first kappa shape index (κ1) is 34.1. The summed E-state index contributed by atoms with van der Waals surface area (Å²) in [7, 11) is 6.32. The van der Waals surface area contributed by atoms with Crippen molar-refractivity contribution in [3.05, 3.63) is 228 Å². The lowest BCUT2D eigenvalue weighted by Crippen LogP contribution is -2.16. The third-order valence-corrected chi connectivity index (χ3v) is 9.55. The van der Waals surface area contributed by atoms with E-state index in [9.17, 15) is 0 Å². The van der Waals surface area contributed by atoms with Crippen molar-refractivity contribution in [3.8, 4) is 22.3 Å². The average molecular weight is 673 g/mol. The molecule has 0 unspecified atom stereocenters. The van der Waals surface area contributed by atoms with Gasteiger partial charge >= 0.3 is 0 Å². The van der Waals surface area contributed by atoms with Crippen LogP contribution in [0.5, 0.6) is 0 Å². The van der Waals surface area contributed by atoms with Gasteiger partial charge in [0.25, 0.3) is 0 Å². The van der Waals surface area contributed by atoms with E-state index in [4.69, 9.17) is 0 Å². The number of rotatable bonds is 11. The second kappa shape index (κ2) is 16.1. The SMILES string of the molecule is CN(C)c1ccc(C(=CC=C(c2cccc(-c3ccccc3)c2)c2cccc(-c3ccccc3)c2)c2ccc(N(C)Cc3ccccc3)cc2)cc1. The zero-order valence-electron chi connectivity index (χ0n) is 30.2. The van der Waals surface area contributed by atoms with Crippen LogP contribution in [0.1, 0.15) is 27.8 Å². The first-order valence-corrected chi connectivity index (χ1v) is 17.9. The average Bonchev–Trinajstić information content (AvgIpc) is 3.21. The molecule has 0 N–H and O–H groups in total. The van der Waals surface area contributed by atoms with E-state index in [-0.39, 0.29) is 0 Å². The molecule has 2 nitrogen and oxygen atoms in total. The van der Waals surface area contributed by atoms with Crippen LogP contribution >= 0.6 is 0 Å². The van der Waals surface area contributed by atoms with Crippen molar-refractivity contribution in [2.24, 2.45) is 0 Å². The van der Waals surface area contributed by atoms with Gasteiger partial charge in [-0.05, 0) is 97.6 Å². The molecule has 0 amide bonds. The summed E-state index contributed by atoms with van der Waals surface area (Å²) in [6, 6.07) is 67.5. The van der Waals surface area contributed by atoms with E-state index in [2.05, 4.69) is 231 Å². The molecule has 0 aliphatic carbocycles. The summed E-state index contributed by atoms with van der Waals surface area (Å²) in [5.41, 5.74) is 15.5. The quantitative estimate of drug-likeness (QED) is 0.126. The molecule has 0 spiro atoms. The first-order chi connectivity index (χ1) is 25.5. The van der Waals surface area contributed by atoms with Gasteiger partial charge in [0.1, 0.15) is 0 Å². The smallest absolute Gasteiger partial charge is 0.0426 e. The third-order valence-electron chi connectivity index (χ3n) is 9.55. The molecule has 7 aromatic carbocycles. The van der Waals surface area contributed by atoms with Crippen LogP contribution < -0.4 is 9.80 Å². The van der Waals surface area contributed by atoms with Gasteiger partial charge in [0.2, 0.25) is 0 Å². The molecule has 0 aromatic heterocycles. The summed E-state index contributed by atoms with van der Waals surface area (Å²) in [6.45, 7) is 0.852. The lowest BCUT2D eigenvalue weighted by Gasteiger charge is -2.20. The van der Waals surface area contributed by atoms with Crippen LogP contribution in [0, 0.1) is 0 Å². The van der Waals surface area contributed by atoms with Gasteiger partial charge in [-0.25, -0.2) is 0 Å². The molecular weight excluding hydrogens is 629 g/mol. The molecule has 0 aliphatic heterocycles. The van der Waals surface area contributed by atoms with Crippen molar-refractivity contribution in [2.45, 2.75) is 6.54 Å². The van der Waals surface area contributed by atoms with Crippen molar-refractivity contribution in [1.82, 2.24) is 0 Å². The van der Waals surface area contributed by atoms with Crippen molar-refractivity contribution in [3.63, 3.8) is 0 Å². The second-order valence-electron chi connectivity index (χ2n) is 13.4. The van der Waals surface area contributed by atoms with Gasteiger partial charge in [0, 0.05) is 39.1 Å². The topological polar surface area (TPSA) is 6.48 Å². The van der Waals surface area contributed by atoms with Crippen molar-refractivity contribution in [2.75, 3.05) is 30.9 Å². The minimum atomic E-state index is 0.852. The molecule has 254 valence electrons. The van der Waals surface area contributed by atoms with Crippen LogP contribution in [0.2, 0.25) is 0 Å². The molecule has 0 aliphatic rings. The number of allylic oxidation sites excluding steroid dienone is 2. The van der Waals surface area contributed by atoms with Crippen LogP contribution in [0.4, 0.5) is 11.4 Å². The fourth-order valence-electron chi connectivity index (χ4n) is 6.66. The third kappa shape index (κ3) is 8.15. The fraction of sp³-hybridized carbons (Fsp3) is 0.0800. The molecule has 0 saturated carbocycles. The molecule has 52 heavy (non-hydrogen) atoms. The van der Waals surface area contributed by atoms with E-state index in [1.807, 2.05) is 0 Å². The predicted octanol–water partition coefficient (Wildman–Crippen LogP) is 12.3. The zero-order valence-corrected chi connectivity index (χ0v) is 30.2. The van der Waals surface area contributed by atoms with Crippen LogP contribution in [-0.2, 0) is 6.54 Å². The second-order valence-corrected chi connectivity index (χ2v) is 13.4. The van der Waals surface area contributed by atoms with Gasteiger partial charge in [-0.3, -0.25) is 0 Å². The van der Waals surface area contributed by atoms with Gasteiger partial charge < -0.3 is 9.80 Å². The van der Waals surface area contributed by atoms with E-state index in [1.165, 1.54) is 67.0 Å². The normalized spacial score (nSPS) is 11.2. The van der Waals surface area contributed by atoms with E-state index in [1.54, 1.807) is 0 Å². The van der Waals surface area contributed by atoms with Crippen molar-refractivity contribution >= 4 is 22.5 Å². The summed E-state index contributed by atoms with van der Waals surface area (Å²) in [4.78, 5) is 4.44. The molecule has 0 atom stereocenters. The van der Waals surface area contributed by atoms with Crippen molar-refractivity contribution in [1.29, 1.82) is 0 Å². The molecule has 2 heteroatoms. The summed E-state index contributed by atoms with van der Waals surface area (Å²) in [5, 5.41) is 0. The molecule has 0 saturated heterocycles. The largest absolute Gasteiger partial charge is 0.378 e. The first-order valence-electron chi connectivity index (χ1n) is 17.9. The van der Waals surface area contributed by atoms with Gasteiger partial charge in [-0.1, -0.05) is 164 Å². The molecule has 7 aromatic rings. The van der Waals surface area contributed by atoms with E-state index in [0.717, 1.165) is 12.1 Å². The molecule has 7 rings (SSSR count). The Balaban J connectivity index is 1.34. The summed E-state index contributed by atoms with van der Waals surface area (Å²) >= 11 is 0. The lowest BCUT2D eigenvalue weighted by atomic mass is 9.91. The Hall–Kier alpha value is -6.38. The highest BCUT2D eigenvalue weighted by atomic mass is 15.1. The van der Waals surface area contributed by atoms with Crippen LogP contribution in [-0.4, -0.2) is 21.1 Å². The maximum absolute atomic E-state index is 2.31. The lowest BCUT2D eigenvalue weighted by molar-refractivity contribution is 0.923.